The fourth-order valence-electron chi connectivity index (χ4n) is 2.18. The number of halogens is 1. The summed E-state index contributed by atoms with van der Waals surface area (Å²) in [5.74, 6) is 0.0162. The van der Waals surface area contributed by atoms with Crippen molar-refractivity contribution in [3.05, 3.63) is 70.2 Å². The molecule has 0 radical (unpaired) electrons. The van der Waals surface area contributed by atoms with E-state index in [9.17, 15) is 4.79 Å². The minimum atomic E-state index is 0.0162. The van der Waals surface area contributed by atoms with Gasteiger partial charge in [-0.2, -0.15) is 0 Å². The Balaban J connectivity index is 1.64. The number of aryl methyl sites for hydroxylation is 1. The molecular weight excluding hydrogens is 296 g/mol. The molecule has 0 saturated carbocycles. The summed E-state index contributed by atoms with van der Waals surface area (Å²) in [5, 5.41) is 6.81. The van der Waals surface area contributed by atoms with Crippen molar-refractivity contribution in [1.29, 1.82) is 0 Å². The van der Waals surface area contributed by atoms with Gasteiger partial charge in [-0.3, -0.25) is 4.79 Å². The van der Waals surface area contributed by atoms with Crippen LogP contribution in [-0.2, 0) is 17.8 Å². The Morgan fingerprint density at radius 1 is 1.09 bits per heavy atom. The third-order valence-corrected chi connectivity index (χ3v) is 3.76. The van der Waals surface area contributed by atoms with Gasteiger partial charge in [0, 0.05) is 18.1 Å². The average Bonchev–Trinajstić information content (AvgIpc) is 2.51. The fraction of sp³-hybridized carbons (Fsp3) is 0.278. The molecule has 0 aromatic heterocycles. The number of carbonyl (C=O) groups excluding carboxylic acids is 1. The maximum absolute atomic E-state index is 11.8. The Bertz CT molecular complexity index is 611. The highest BCUT2D eigenvalue weighted by molar-refractivity contribution is 6.30. The van der Waals surface area contributed by atoms with E-state index < -0.39 is 0 Å². The largest absolute Gasteiger partial charge is 0.355 e. The van der Waals surface area contributed by atoms with Gasteiger partial charge in [-0.15, -0.1) is 0 Å². The lowest BCUT2D eigenvalue weighted by Gasteiger charge is -2.08. The number of nitrogens with one attached hydrogen (secondary N) is 2. The monoisotopic (exact) mass is 316 g/mol. The van der Waals surface area contributed by atoms with Gasteiger partial charge in [0.1, 0.15) is 0 Å². The third kappa shape index (κ3) is 5.51. The highest BCUT2D eigenvalue weighted by Crippen LogP contribution is 2.09. The quantitative estimate of drug-likeness (QED) is 0.824. The molecule has 0 atom stereocenters. The zero-order chi connectivity index (χ0) is 15.8. The Hall–Kier alpha value is -1.84. The summed E-state index contributed by atoms with van der Waals surface area (Å²) in [6.45, 7) is 3.74. The Kier molecular flexibility index (Phi) is 6.44. The maximum Gasteiger partial charge on any atom is 0.233 e. The summed E-state index contributed by atoms with van der Waals surface area (Å²) in [4.78, 5) is 11.8. The second-order valence-electron chi connectivity index (χ2n) is 5.26. The standard InChI is InChI=1S/C18H21ClN2O/c1-14-4-2-3-5-16(14)12-20-13-18(22)21-11-10-15-6-8-17(19)9-7-15/h2-9,20H,10-13H2,1H3,(H,21,22). The molecule has 0 saturated heterocycles. The molecule has 116 valence electrons. The van der Waals surface area contributed by atoms with Crippen LogP contribution in [0.2, 0.25) is 5.02 Å². The molecule has 4 heteroatoms. The van der Waals surface area contributed by atoms with Crippen LogP contribution in [0.15, 0.2) is 48.5 Å². The molecule has 0 aliphatic carbocycles. The van der Waals surface area contributed by atoms with Crippen molar-refractivity contribution in [3.63, 3.8) is 0 Å². The first-order valence-electron chi connectivity index (χ1n) is 7.41. The fourth-order valence-corrected chi connectivity index (χ4v) is 2.30. The van der Waals surface area contributed by atoms with E-state index >= 15 is 0 Å². The van der Waals surface area contributed by atoms with Crippen molar-refractivity contribution in [2.75, 3.05) is 13.1 Å². The highest BCUT2D eigenvalue weighted by atomic mass is 35.5. The van der Waals surface area contributed by atoms with Gasteiger partial charge in [0.15, 0.2) is 0 Å². The number of benzene rings is 2. The molecular formula is C18H21ClN2O. The number of rotatable bonds is 7. The summed E-state index contributed by atoms with van der Waals surface area (Å²) in [6, 6.07) is 15.9. The predicted octanol–water partition coefficient (Wildman–Crippen LogP) is 3.10. The van der Waals surface area contributed by atoms with Gasteiger partial charge in [-0.1, -0.05) is 48.0 Å². The van der Waals surface area contributed by atoms with Crippen LogP contribution in [0.5, 0.6) is 0 Å². The summed E-state index contributed by atoms with van der Waals surface area (Å²) in [7, 11) is 0. The van der Waals surface area contributed by atoms with E-state index in [2.05, 4.69) is 29.7 Å². The van der Waals surface area contributed by atoms with Gasteiger partial charge < -0.3 is 10.6 Å². The van der Waals surface area contributed by atoms with Gasteiger partial charge in [-0.25, -0.2) is 0 Å². The van der Waals surface area contributed by atoms with E-state index in [1.54, 1.807) is 0 Å². The van der Waals surface area contributed by atoms with Crippen LogP contribution in [-0.4, -0.2) is 19.0 Å². The van der Waals surface area contributed by atoms with E-state index in [1.165, 1.54) is 11.1 Å². The second kappa shape index (κ2) is 8.57. The van der Waals surface area contributed by atoms with Crippen molar-refractivity contribution in [2.45, 2.75) is 19.9 Å². The van der Waals surface area contributed by atoms with Crippen LogP contribution >= 0.6 is 11.6 Å². The molecule has 0 unspecified atom stereocenters. The first-order valence-corrected chi connectivity index (χ1v) is 7.79. The molecule has 2 rings (SSSR count). The van der Waals surface area contributed by atoms with Crippen molar-refractivity contribution in [1.82, 2.24) is 10.6 Å². The minimum Gasteiger partial charge on any atom is -0.355 e. The van der Waals surface area contributed by atoms with Crippen molar-refractivity contribution in [2.24, 2.45) is 0 Å². The molecule has 0 heterocycles. The van der Waals surface area contributed by atoms with Crippen LogP contribution in [0.4, 0.5) is 0 Å². The van der Waals surface area contributed by atoms with Crippen LogP contribution in [0.3, 0.4) is 0 Å². The molecule has 0 fully saturated rings. The van der Waals surface area contributed by atoms with Crippen molar-refractivity contribution < 1.29 is 4.79 Å². The van der Waals surface area contributed by atoms with Crippen LogP contribution in [0, 0.1) is 6.92 Å². The zero-order valence-corrected chi connectivity index (χ0v) is 13.5. The molecule has 2 aromatic carbocycles. The maximum atomic E-state index is 11.8. The molecule has 0 spiro atoms. The molecule has 2 N–H and O–H groups in total. The third-order valence-electron chi connectivity index (χ3n) is 3.51. The topological polar surface area (TPSA) is 41.1 Å². The first-order chi connectivity index (χ1) is 10.6. The normalized spacial score (nSPS) is 10.5. The number of carbonyl (C=O) groups is 1. The molecule has 2 aromatic rings. The van der Waals surface area contributed by atoms with Gasteiger partial charge in [0.25, 0.3) is 0 Å². The van der Waals surface area contributed by atoms with Gasteiger partial charge in [0.2, 0.25) is 5.91 Å². The lowest BCUT2D eigenvalue weighted by Crippen LogP contribution is -2.34. The second-order valence-corrected chi connectivity index (χ2v) is 5.69. The molecule has 22 heavy (non-hydrogen) atoms. The number of amides is 1. The average molecular weight is 317 g/mol. The summed E-state index contributed by atoms with van der Waals surface area (Å²) >= 11 is 5.84. The summed E-state index contributed by atoms with van der Waals surface area (Å²) < 4.78 is 0. The molecule has 0 aliphatic rings. The van der Waals surface area contributed by atoms with E-state index in [0.29, 0.717) is 19.6 Å². The molecule has 0 aliphatic heterocycles. The van der Waals surface area contributed by atoms with Gasteiger partial charge >= 0.3 is 0 Å². The SMILES string of the molecule is Cc1ccccc1CNCC(=O)NCCc1ccc(Cl)cc1. The van der Waals surface area contributed by atoms with E-state index in [-0.39, 0.29) is 5.91 Å². The molecule has 1 amide bonds. The summed E-state index contributed by atoms with van der Waals surface area (Å²) in [6.07, 6.45) is 0.806. The van der Waals surface area contributed by atoms with Crippen molar-refractivity contribution >= 4 is 17.5 Å². The van der Waals surface area contributed by atoms with Crippen molar-refractivity contribution in [3.8, 4) is 0 Å². The minimum absolute atomic E-state index is 0.0162. The lowest BCUT2D eigenvalue weighted by molar-refractivity contribution is -0.120. The van der Waals surface area contributed by atoms with E-state index in [0.717, 1.165) is 17.0 Å². The van der Waals surface area contributed by atoms with E-state index in [4.69, 9.17) is 11.6 Å². The Morgan fingerprint density at radius 3 is 2.55 bits per heavy atom. The van der Waals surface area contributed by atoms with Crippen LogP contribution < -0.4 is 10.6 Å². The smallest absolute Gasteiger partial charge is 0.233 e. The Labute approximate surface area is 136 Å². The Morgan fingerprint density at radius 2 is 1.82 bits per heavy atom. The highest BCUT2D eigenvalue weighted by Gasteiger charge is 2.02. The molecule has 0 bridgehead atoms. The summed E-state index contributed by atoms with van der Waals surface area (Å²) in [5.41, 5.74) is 3.62. The van der Waals surface area contributed by atoms with Gasteiger partial charge in [0.05, 0.1) is 6.54 Å². The lowest BCUT2D eigenvalue weighted by atomic mass is 10.1. The van der Waals surface area contributed by atoms with E-state index in [1.807, 2.05) is 36.4 Å². The van der Waals surface area contributed by atoms with Gasteiger partial charge in [-0.05, 0) is 42.2 Å². The first kappa shape index (κ1) is 16.5. The predicted molar refractivity (Wildman–Crippen MR) is 91.1 cm³/mol. The zero-order valence-electron chi connectivity index (χ0n) is 12.7. The van der Waals surface area contributed by atoms with Crippen LogP contribution in [0.25, 0.3) is 0 Å². The van der Waals surface area contributed by atoms with Crippen LogP contribution in [0.1, 0.15) is 16.7 Å². The number of hydrogen-bond acceptors (Lipinski definition) is 2. The molecule has 3 nitrogen and oxygen atoms in total. The number of hydrogen-bond donors (Lipinski definition) is 2.